The molecule has 0 saturated carbocycles. The summed E-state index contributed by atoms with van der Waals surface area (Å²) in [7, 11) is 1.77. The summed E-state index contributed by atoms with van der Waals surface area (Å²) in [6.45, 7) is 4.83. The molecule has 8 heteroatoms. The Bertz CT molecular complexity index is 811. The van der Waals surface area contributed by atoms with Crippen LogP contribution in [0, 0.1) is 5.82 Å². The standard InChI is InChI=1S/C21H26ClFN4O.HI/c1-24-21(25-13-17-4-7-20(23)18(12-17)15-28)27-10-8-26(9-11-27)14-16-2-5-19(22)6-3-16;/h2-7,12,28H,8-11,13-15H2,1H3,(H,24,25);1H. The first-order valence-corrected chi connectivity index (χ1v) is 9.77. The molecule has 1 fully saturated rings. The third kappa shape index (κ3) is 6.80. The van der Waals surface area contributed by atoms with Crippen LogP contribution in [-0.2, 0) is 19.7 Å². The summed E-state index contributed by atoms with van der Waals surface area (Å²) >= 11 is 5.95. The number of halogens is 3. The van der Waals surface area contributed by atoms with Crippen LogP contribution in [0.3, 0.4) is 0 Å². The van der Waals surface area contributed by atoms with E-state index in [1.807, 2.05) is 12.1 Å². The molecule has 0 unspecified atom stereocenters. The van der Waals surface area contributed by atoms with Gasteiger partial charge in [0, 0.05) is 56.9 Å². The molecule has 1 heterocycles. The Balaban J connectivity index is 0.00000300. The number of aliphatic hydroxyl groups is 1. The number of hydrogen-bond donors (Lipinski definition) is 2. The highest BCUT2D eigenvalue weighted by atomic mass is 127. The Morgan fingerprint density at radius 3 is 2.38 bits per heavy atom. The van der Waals surface area contributed by atoms with Crippen LogP contribution in [0.15, 0.2) is 47.5 Å². The minimum absolute atomic E-state index is 0. The maximum Gasteiger partial charge on any atom is 0.194 e. The molecule has 0 amide bonds. The van der Waals surface area contributed by atoms with Gasteiger partial charge in [0.25, 0.3) is 0 Å². The third-order valence-corrected chi connectivity index (χ3v) is 5.19. The van der Waals surface area contributed by atoms with E-state index in [4.69, 9.17) is 11.6 Å². The Labute approximate surface area is 193 Å². The van der Waals surface area contributed by atoms with Crippen LogP contribution >= 0.6 is 35.6 Å². The monoisotopic (exact) mass is 532 g/mol. The van der Waals surface area contributed by atoms with Gasteiger partial charge >= 0.3 is 0 Å². The second-order valence-corrected chi connectivity index (χ2v) is 7.31. The molecule has 3 rings (SSSR count). The number of rotatable bonds is 5. The number of piperazine rings is 1. The lowest BCUT2D eigenvalue weighted by Gasteiger charge is -2.36. The number of hydrogen-bond acceptors (Lipinski definition) is 3. The number of aliphatic hydroxyl groups excluding tert-OH is 1. The lowest BCUT2D eigenvalue weighted by atomic mass is 10.1. The molecule has 0 atom stereocenters. The molecule has 5 nitrogen and oxygen atoms in total. The van der Waals surface area contributed by atoms with Gasteiger partial charge < -0.3 is 15.3 Å². The Kier molecular flexibility index (Phi) is 9.61. The second kappa shape index (κ2) is 11.7. The van der Waals surface area contributed by atoms with E-state index in [9.17, 15) is 9.50 Å². The summed E-state index contributed by atoms with van der Waals surface area (Å²) < 4.78 is 13.5. The molecule has 1 saturated heterocycles. The van der Waals surface area contributed by atoms with Crippen LogP contribution in [0.4, 0.5) is 4.39 Å². The highest BCUT2D eigenvalue weighted by Gasteiger charge is 2.19. The fourth-order valence-electron chi connectivity index (χ4n) is 3.34. The van der Waals surface area contributed by atoms with Crippen LogP contribution in [0.5, 0.6) is 0 Å². The average molecular weight is 533 g/mol. The number of nitrogens with zero attached hydrogens (tertiary/aromatic N) is 3. The van der Waals surface area contributed by atoms with E-state index in [-0.39, 0.29) is 36.4 Å². The third-order valence-electron chi connectivity index (χ3n) is 4.93. The van der Waals surface area contributed by atoms with Crippen molar-refractivity contribution in [2.45, 2.75) is 19.7 Å². The smallest absolute Gasteiger partial charge is 0.194 e. The lowest BCUT2D eigenvalue weighted by Crippen LogP contribution is -2.52. The number of aliphatic imine (C=N–C) groups is 1. The van der Waals surface area contributed by atoms with Gasteiger partial charge in [-0.15, -0.1) is 24.0 Å². The quantitative estimate of drug-likeness (QED) is 0.352. The molecule has 0 spiro atoms. The topological polar surface area (TPSA) is 51.1 Å². The van der Waals surface area contributed by atoms with Gasteiger partial charge in [0.15, 0.2) is 5.96 Å². The zero-order valence-electron chi connectivity index (χ0n) is 16.4. The second-order valence-electron chi connectivity index (χ2n) is 6.87. The predicted molar refractivity (Wildman–Crippen MR) is 126 cm³/mol. The van der Waals surface area contributed by atoms with E-state index >= 15 is 0 Å². The minimum atomic E-state index is -0.382. The van der Waals surface area contributed by atoms with E-state index < -0.39 is 0 Å². The van der Waals surface area contributed by atoms with Crippen molar-refractivity contribution in [2.24, 2.45) is 4.99 Å². The zero-order chi connectivity index (χ0) is 19.9. The van der Waals surface area contributed by atoms with E-state index in [0.29, 0.717) is 12.1 Å². The molecular weight excluding hydrogens is 506 g/mol. The lowest BCUT2D eigenvalue weighted by molar-refractivity contribution is 0.172. The van der Waals surface area contributed by atoms with E-state index in [1.54, 1.807) is 19.2 Å². The van der Waals surface area contributed by atoms with Crippen molar-refractivity contribution in [1.29, 1.82) is 0 Å². The highest BCUT2D eigenvalue weighted by molar-refractivity contribution is 14.0. The molecule has 2 N–H and O–H groups in total. The fourth-order valence-corrected chi connectivity index (χ4v) is 3.46. The van der Waals surface area contributed by atoms with Crippen LogP contribution in [0.1, 0.15) is 16.7 Å². The summed E-state index contributed by atoms with van der Waals surface area (Å²) in [4.78, 5) is 9.03. The summed E-state index contributed by atoms with van der Waals surface area (Å²) in [5.74, 6) is 0.452. The predicted octanol–water partition coefficient (Wildman–Crippen LogP) is 3.48. The largest absolute Gasteiger partial charge is 0.392 e. The first-order valence-electron chi connectivity index (χ1n) is 9.39. The Morgan fingerprint density at radius 1 is 1.10 bits per heavy atom. The summed E-state index contributed by atoms with van der Waals surface area (Å²) in [6.07, 6.45) is 0. The van der Waals surface area contributed by atoms with Gasteiger partial charge in [0.1, 0.15) is 5.82 Å². The van der Waals surface area contributed by atoms with Crippen molar-refractivity contribution < 1.29 is 9.50 Å². The summed E-state index contributed by atoms with van der Waals surface area (Å²) in [5.41, 5.74) is 2.48. The molecule has 2 aromatic rings. The molecule has 0 aliphatic carbocycles. The maximum atomic E-state index is 13.5. The molecule has 0 bridgehead atoms. The van der Waals surface area contributed by atoms with Crippen molar-refractivity contribution >= 4 is 41.5 Å². The van der Waals surface area contributed by atoms with E-state index in [1.165, 1.54) is 11.6 Å². The molecule has 1 aliphatic heterocycles. The van der Waals surface area contributed by atoms with Crippen LogP contribution in [-0.4, -0.2) is 54.1 Å². The van der Waals surface area contributed by atoms with Gasteiger partial charge in [-0.1, -0.05) is 29.8 Å². The molecule has 158 valence electrons. The first kappa shape index (κ1) is 23.9. The van der Waals surface area contributed by atoms with E-state index in [0.717, 1.165) is 49.3 Å². The first-order chi connectivity index (χ1) is 13.6. The van der Waals surface area contributed by atoms with Gasteiger partial charge in [-0.3, -0.25) is 9.89 Å². The number of guanidine groups is 1. The molecule has 0 radical (unpaired) electrons. The highest BCUT2D eigenvalue weighted by Crippen LogP contribution is 2.14. The summed E-state index contributed by atoms with van der Waals surface area (Å²) in [5, 5.41) is 13.3. The maximum absolute atomic E-state index is 13.5. The van der Waals surface area contributed by atoms with Crippen LogP contribution in [0.25, 0.3) is 0 Å². The van der Waals surface area contributed by atoms with Gasteiger partial charge in [-0.2, -0.15) is 0 Å². The normalized spacial score (nSPS) is 15.2. The van der Waals surface area contributed by atoms with Crippen LogP contribution in [0.2, 0.25) is 5.02 Å². The van der Waals surface area contributed by atoms with Crippen molar-refractivity contribution in [2.75, 3.05) is 33.2 Å². The van der Waals surface area contributed by atoms with Gasteiger partial charge in [-0.05, 0) is 35.4 Å². The van der Waals surface area contributed by atoms with Crippen LogP contribution < -0.4 is 5.32 Å². The molecule has 0 aromatic heterocycles. The van der Waals surface area contributed by atoms with Gasteiger partial charge in [-0.25, -0.2) is 4.39 Å². The summed E-state index contributed by atoms with van der Waals surface area (Å²) in [6, 6.07) is 12.8. The molecule has 1 aliphatic rings. The molecule has 29 heavy (non-hydrogen) atoms. The van der Waals surface area contributed by atoms with Crippen molar-refractivity contribution in [3.63, 3.8) is 0 Å². The van der Waals surface area contributed by atoms with E-state index in [2.05, 4.69) is 32.2 Å². The van der Waals surface area contributed by atoms with Crippen molar-refractivity contribution in [3.05, 3.63) is 70.0 Å². The van der Waals surface area contributed by atoms with Gasteiger partial charge in [0.05, 0.1) is 6.61 Å². The Morgan fingerprint density at radius 2 is 1.76 bits per heavy atom. The molecule has 2 aromatic carbocycles. The molecular formula is C21H27ClFIN4O. The minimum Gasteiger partial charge on any atom is -0.392 e. The number of benzene rings is 2. The average Bonchev–Trinajstić information content (AvgIpc) is 2.72. The fraction of sp³-hybridized carbons (Fsp3) is 0.381. The van der Waals surface area contributed by atoms with Gasteiger partial charge in [0.2, 0.25) is 0 Å². The van der Waals surface area contributed by atoms with Crippen molar-refractivity contribution in [1.82, 2.24) is 15.1 Å². The zero-order valence-corrected chi connectivity index (χ0v) is 19.5. The SMILES string of the molecule is CN=C(NCc1ccc(F)c(CO)c1)N1CCN(Cc2ccc(Cl)cc2)CC1.I. The Hall–Kier alpha value is -1.42. The number of nitrogens with one attached hydrogen (secondary N) is 1. The van der Waals surface area contributed by atoms with Crippen molar-refractivity contribution in [3.8, 4) is 0 Å².